The molecule has 8 heteroatoms. The molecule has 0 amide bonds. The lowest BCUT2D eigenvalue weighted by Gasteiger charge is -2.05. The van der Waals surface area contributed by atoms with Gasteiger partial charge in [-0.15, -0.1) is 11.3 Å². The van der Waals surface area contributed by atoms with Crippen LogP contribution in [0.2, 0.25) is 0 Å². The van der Waals surface area contributed by atoms with Gasteiger partial charge in [0.15, 0.2) is 0 Å². The number of thiophene rings is 1. The minimum Gasteiger partial charge on any atom is -0.312 e. The van der Waals surface area contributed by atoms with Crippen LogP contribution in [-0.2, 0) is 30.2 Å². The van der Waals surface area contributed by atoms with E-state index in [9.17, 15) is 8.42 Å². The fourth-order valence-corrected chi connectivity index (χ4v) is 4.05. The molecule has 116 valence electrons. The summed E-state index contributed by atoms with van der Waals surface area (Å²) in [5.41, 5.74) is 0.818. The van der Waals surface area contributed by atoms with Crippen LogP contribution in [0.5, 0.6) is 0 Å². The first kappa shape index (κ1) is 16.2. The van der Waals surface area contributed by atoms with E-state index in [-0.39, 0.29) is 6.54 Å². The van der Waals surface area contributed by atoms with Crippen LogP contribution in [0.25, 0.3) is 0 Å². The van der Waals surface area contributed by atoms with Crippen LogP contribution in [0.4, 0.5) is 0 Å². The summed E-state index contributed by atoms with van der Waals surface area (Å²) in [7, 11) is -1.69. The van der Waals surface area contributed by atoms with Crippen LogP contribution >= 0.6 is 11.3 Å². The van der Waals surface area contributed by atoms with Crippen molar-refractivity contribution in [3.05, 3.63) is 34.3 Å². The van der Waals surface area contributed by atoms with Gasteiger partial charge in [0.2, 0.25) is 10.0 Å². The Morgan fingerprint density at radius 2 is 2.19 bits per heavy atom. The molecule has 0 unspecified atom stereocenters. The lowest BCUT2D eigenvalue weighted by Crippen LogP contribution is -2.24. The maximum absolute atomic E-state index is 12.2. The smallest absolute Gasteiger partial charge is 0.241 e. The van der Waals surface area contributed by atoms with E-state index in [4.69, 9.17) is 0 Å². The molecule has 0 fully saturated rings. The Morgan fingerprint density at radius 1 is 1.38 bits per heavy atom. The zero-order valence-electron chi connectivity index (χ0n) is 12.2. The van der Waals surface area contributed by atoms with Crippen molar-refractivity contribution in [2.45, 2.75) is 31.3 Å². The number of nitrogens with zero attached hydrogens (tertiary/aromatic N) is 2. The SMILES string of the molecule is CCCNCc1cc(S(=O)(=O)NCc2ccnn2C)cs1. The molecule has 2 aromatic rings. The predicted octanol–water partition coefficient (Wildman–Crippen LogP) is 1.46. The van der Waals surface area contributed by atoms with Crippen molar-refractivity contribution in [2.24, 2.45) is 7.05 Å². The van der Waals surface area contributed by atoms with E-state index in [1.54, 1.807) is 35.4 Å². The van der Waals surface area contributed by atoms with Crippen LogP contribution in [0.1, 0.15) is 23.9 Å². The number of aromatic nitrogens is 2. The molecule has 0 saturated heterocycles. The summed E-state index contributed by atoms with van der Waals surface area (Å²) in [4.78, 5) is 1.34. The zero-order chi connectivity index (χ0) is 15.3. The van der Waals surface area contributed by atoms with Gasteiger partial charge in [0.1, 0.15) is 0 Å². The second-order valence-electron chi connectivity index (χ2n) is 4.70. The Balaban J connectivity index is 1.97. The molecule has 2 N–H and O–H groups in total. The molecule has 21 heavy (non-hydrogen) atoms. The van der Waals surface area contributed by atoms with Gasteiger partial charge < -0.3 is 5.32 Å². The van der Waals surface area contributed by atoms with Crippen molar-refractivity contribution in [3.63, 3.8) is 0 Å². The van der Waals surface area contributed by atoms with Gasteiger partial charge in [0.05, 0.1) is 17.1 Å². The van der Waals surface area contributed by atoms with Crippen molar-refractivity contribution in [1.29, 1.82) is 0 Å². The lowest BCUT2D eigenvalue weighted by atomic mass is 10.4. The number of rotatable bonds is 8. The van der Waals surface area contributed by atoms with Crippen LogP contribution in [0.15, 0.2) is 28.6 Å². The van der Waals surface area contributed by atoms with E-state index in [2.05, 4.69) is 22.1 Å². The molecular formula is C13H20N4O2S2. The van der Waals surface area contributed by atoms with Crippen LogP contribution in [-0.4, -0.2) is 24.7 Å². The van der Waals surface area contributed by atoms with Crippen molar-refractivity contribution < 1.29 is 8.42 Å². The lowest BCUT2D eigenvalue weighted by molar-refractivity contribution is 0.577. The molecule has 0 spiro atoms. The molecule has 2 rings (SSSR count). The third-order valence-corrected chi connectivity index (χ3v) is 5.50. The third-order valence-electron chi connectivity index (χ3n) is 3.03. The number of nitrogens with one attached hydrogen (secondary N) is 2. The predicted molar refractivity (Wildman–Crippen MR) is 83.6 cm³/mol. The molecule has 0 radical (unpaired) electrons. The van der Waals surface area contributed by atoms with Gasteiger partial charge in [-0.25, -0.2) is 13.1 Å². The number of hydrogen-bond donors (Lipinski definition) is 2. The Labute approximate surface area is 129 Å². The Hall–Kier alpha value is -1.22. The largest absolute Gasteiger partial charge is 0.312 e. The minimum atomic E-state index is -3.47. The number of sulfonamides is 1. The summed E-state index contributed by atoms with van der Waals surface area (Å²) < 4.78 is 28.7. The highest BCUT2D eigenvalue weighted by molar-refractivity contribution is 7.89. The highest BCUT2D eigenvalue weighted by Crippen LogP contribution is 2.19. The Bertz CT molecular complexity index is 676. The highest BCUT2D eigenvalue weighted by Gasteiger charge is 2.16. The van der Waals surface area contributed by atoms with Gasteiger partial charge >= 0.3 is 0 Å². The van der Waals surface area contributed by atoms with E-state index < -0.39 is 10.0 Å². The standard InChI is InChI=1S/C13H20N4O2S2/c1-3-5-14-9-12-7-13(10-20-12)21(18,19)16-8-11-4-6-15-17(11)2/h4,6-7,10,14,16H,3,5,8-9H2,1-2H3. The third kappa shape index (κ3) is 4.37. The molecule has 2 aromatic heterocycles. The average Bonchev–Trinajstić information content (AvgIpc) is 3.06. The van der Waals surface area contributed by atoms with Gasteiger partial charge in [-0.3, -0.25) is 4.68 Å². The molecule has 0 bridgehead atoms. The van der Waals surface area contributed by atoms with Gasteiger partial charge in [-0.2, -0.15) is 5.10 Å². The van der Waals surface area contributed by atoms with Crippen LogP contribution in [0.3, 0.4) is 0 Å². The van der Waals surface area contributed by atoms with Crippen LogP contribution < -0.4 is 10.0 Å². The van der Waals surface area contributed by atoms with Crippen molar-refractivity contribution in [2.75, 3.05) is 6.54 Å². The second kappa shape index (κ2) is 7.17. The average molecular weight is 328 g/mol. The van der Waals surface area contributed by atoms with Gasteiger partial charge in [-0.05, 0) is 25.1 Å². The van der Waals surface area contributed by atoms with E-state index in [0.29, 0.717) is 11.4 Å². The number of hydrogen-bond acceptors (Lipinski definition) is 5. The zero-order valence-corrected chi connectivity index (χ0v) is 13.8. The van der Waals surface area contributed by atoms with Gasteiger partial charge in [-0.1, -0.05) is 6.92 Å². The first-order valence-electron chi connectivity index (χ1n) is 6.77. The minimum absolute atomic E-state index is 0.234. The quantitative estimate of drug-likeness (QED) is 0.719. The van der Waals surface area contributed by atoms with E-state index in [1.807, 2.05) is 0 Å². The molecule has 0 atom stereocenters. The first-order valence-corrected chi connectivity index (χ1v) is 9.14. The number of aryl methyl sites for hydroxylation is 1. The highest BCUT2D eigenvalue weighted by atomic mass is 32.2. The summed E-state index contributed by atoms with van der Waals surface area (Å²) in [5, 5.41) is 8.95. The fraction of sp³-hybridized carbons (Fsp3) is 0.462. The molecular weight excluding hydrogens is 308 g/mol. The van der Waals surface area contributed by atoms with E-state index >= 15 is 0 Å². The maximum Gasteiger partial charge on any atom is 0.241 e. The first-order chi connectivity index (χ1) is 10.0. The Kier molecular flexibility index (Phi) is 5.51. The summed E-state index contributed by atoms with van der Waals surface area (Å²) in [6.45, 7) is 3.96. The molecule has 2 heterocycles. The topological polar surface area (TPSA) is 76.0 Å². The molecule has 0 aliphatic rings. The second-order valence-corrected chi connectivity index (χ2v) is 7.46. The van der Waals surface area contributed by atoms with E-state index in [0.717, 1.165) is 23.5 Å². The molecule has 6 nitrogen and oxygen atoms in total. The maximum atomic E-state index is 12.2. The normalized spacial score (nSPS) is 11.9. The Morgan fingerprint density at radius 3 is 2.86 bits per heavy atom. The molecule has 0 saturated carbocycles. The molecule has 0 aromatic carbocycles. The van der Waals surface area contributed by atoms with Gasteiger partial charge in [0.25, 0.3) is 0 Å². The van der Waals surface area contributed by atoms with Crippen molar-refractivity contribution >= 4 is 21.4 Å². The summed E-state index contributed by atoms with van der Waals surface area (Å²) in [5.74, 6) is 0. The molecule has 0 aliphatic heterocycles. The van der Waals surface area contributed by atoms with Crippen LogP contribution in [0, 0.1) is 0 Å². The fourth-order valence-electron chi connectivity index (χ4n) is 1.81. The molecule has 0 aliphatic carbocycles. The summed E-state index contributed by atoms with van der Waals surface area (Å²) in [6.07, 6.45) is 2.70. The van der Waals surface area contributed by atoms with Gasteiger partial charge in [0, 0.05) is 30.0 Å². The summed E-state index contributed by atoms with van der Waals surface area (Å²) >= 11 is 1.45. The van der Waals surface area contributed by atoms with E-state index in [1.165, 1.54) is 11.3 Å². The monoisotopic (exact) mass is 328 g/mol. The van der Waals surface area contributed by atoms with Crippen molar-refractivity contribution in [1.82, 2.24) is 19.8 Å². The summed E-state index contributed by atoms with van der Waals surface area (Å²) in [6, 6.07) is 3.51. The van der Waals surface area contributed by atoms with Crippen molar-refractivity contribution in [3.8, 4) is 0 Å².